The van der Waals surface area contributed by atoms with E-state index >= 15 is 0 Å². The second kappa shape index (κ2) is 6.16. The molecule has 0 aliphatic carbocycles. The summed E-state index contributed by atoms with van der Waals surface area (Å²) in [5.41, 5.74) is 1.37. The minimum absolute atomic E-state index is 0.0455. The Kier molecular flexibility index (Phi) is 3.83. The molecule has 4 rings (SSSR count). The van der Waals surface area contributed by atoms with Crippen molar-refractivity contribution in [2.24, 2.45) is 0 Å². The fourth-order valence-electron chi connectivity index (χ4n) is 3.33. The van der Waals surface area contributed by atoms with Gasteiger partial charge in [-0.2, -0.15) is 0 Å². The van der Waals surface area contributed by atoms with Crippen LogP contribution >= 0.6 is 0 Å². The summed E-state index contributed by atoms with van der Waals surface area (Å²) in [7, 11) is 0. The summed E-state index contributed by atoms with van der Waals surface area (Å²) < 4.78 is 18.5. The van der Waals surface area contributed by atoms with E-state index < -0.39 is 5.97 Å². The van der Waals surface area contributed by atoms with Crippen LogP contribution in [0.2, 0.25) is 0 Å². The molecule has 0 spiro atoms. The summed E-state index contributed by atoms with van der Waals surface area (Å²) in [6.07, 6.45) is 1.69. The van der Waals surface area contributed by atoms with Crippen molar-refractivity contribution in [1.29, 1.82) is 0 Å². The molecular weight excluding hydrogens is 325 g/mol. The average Bonchev–Trinajstić information content (AvgIpc) is 3.05. The first-order valence-electron chi connectivity index (χ1n) is 8.12. The van der Waals surface area contributed by atoms with Gasteiger partial charge >= 0.3 is 5.97 Å². The minimum Gasteiger partial charge on any atom is -0.477 e. The van der Waals surface area contributed by atoms with Crippen molar-refractivity contribution in [3.63, 3.8) is 0 Å². The van der Waals surface area contributed by atoms with Gasteiger partial charge in [0, 0.05) is 30.5 Å². The van der Waals surface area contributed by atoms with Crippen LogP contribution in [0.25, 0.3) is 11.0 Å². The molecule has 7 heteroatoms. The number of halogens is 1. The number of nitrogens with zero attached hydrogens (tertiary/aromatic N) is 3. The number of carboxylic acids is 1. The molecule has 25 heavy (non-hydrogen) atoms. The fourth-order valence-corrected chi connectivity index (χ4v) is 3.33. The van der Waals surface area contributed by atoms with E-state index in [-0.39, 0.29) is 17.4 Å². The molecule has 1 aromatic carbocycles. The fraction of sp³-hybridized carbons (Fsp3) is 0.278. The summed E-state index contributed by atoms with van der Waals surface area (Å²) in [6.45, 7) is 1.49. The number of hydrogen-bond acceptors (Lipinski definition) is 5. The van der Waals surface area contributed by atoms with E-state index in [1.165, 1.54) is 18.2 Å². The molecule has 1 N–H and O–H groups in total. The Bertz CT molecular complexity index is 932. The lowest BCUT2D eigenvalue weighted by molar-refractivity contribution is 0.0690. The van der Waals surface area contributed by atoms with Crippen LogP contribution in [0.5, 0.6) is 0 Å². The van der Waals surface area contributed by atoms with Crippen molar-refractivity contribution in [3.05, 3.63) is 53.6 Å². The number of benzene rings is 1. The first kappa shape index (κ1) is 15.6. The molecule has 1 fully saturated rings. The maximum absolute atomic E-state index is 13.3. The van der Waals surface area contributed by atoms with Crippen molar-refractivity contribution >= 4 is 22.8 Å². The maximum Gasteiger partial charge on any atom is 0.354 e. The molecule has 0 saturated carbocycles. The van der Waals surface area contributed by atoms with E-state index in [2.05, 4.69) is 15.0 Å². The Labute approximate surface area is 142 Å². The van der Waals surface area contributed by atoms with E-state index in [0.29, 0.717) is 11.4 Å². The zero-order chi connectivity index (χ0) is 17.4. The standard InChI is InChI=1S/C18H16FN3O3/c19-12-4-5-13-15(10-12)25-21-17(13)11-6-8-22(9-7-11)16-3-1-2-14(20-16)18(23)24/h1-5,10-11H,6-9H2,(H,23,24). The Morgan fingerprint density at radius 2 is 2.04 bits per heavy atom. The van der Waals surface area contributed by atoms with Crippen LogP contribution in [0.1, 0.15) is 34.9 Å². The van der Waals surface area contributed by atoms with Crippen molar-refractivity contribution in [1.82, 2.24) is 10.1 Å². The molecule has 0 bridgehead atoms. The van der Waals surface area contributed by atoms with Gasteiger partial charge in [-0.15, -0.1) is 0 Å². The van der Waals surface area contributed by atoms with Crippen LogP contribution in [0.3, 0.4) is 0 Å². The number of rotatable bonds is 3. The number of carbonyl (C=O) groups is 1. The molecule has 128 valence electrons. The van der Waals surface area contributed by atoms with Crippen LogP contribution in [0.4, 0.5) is 10.2 Å². The predicted molar refractivity (Wildman–Crippen MR) is 89.4 cm³/mol. The molecule has 2 aromatic heterocycles. The molecule has 0 unspecified atom stereocenters. The monoisotopic (exact) mass is 341 g/mol. The van der Waals surface area contributed by atoms with Gasteiger partial charge in [0.1, 0.15) is 11.6 Å². The highest BCUT2D eigenvalue weighted by Gasteiger charge is 2.26. The van der Waals surface area contributed by atoms with Gasteiger partial charge in [0.25, 0.3) is 0 Å². The molecule has 0 amide bonds. The van der Waals surface area contributed by atoms with Crippen molar-refractivity contribution in [2.45, 2.75) is 18.8 Å². The maximum atomic E-state index is 13.3. The van der Waals surface area contributed by atoms with Crippen LogP contribution < -0.4 is 4.90 Å². The van der Waals surface area contributed by atoms with Gasteiger partial charge in [0.05, 0.1) is 5.69 Å². The molecule has 3 aromatic rings. The van der Waals surface area contributed by atoms with Crippen molar-refractivity contribution < 1.29 is 18.8 Å². The summed E-state index contributed by atoms with van der Waals surface area (Å²) in [5, 5.41) is 14.1. The number of aromatic carboxylic acids is 1. The number of pyridine rings is 1. The lowest BCUT2D eigenvalue weighted by atomic mass is 9.91. The normalized spacial score (nSPS) is 15.6. The van der Waals surface area contributed by atoms with Crippen LogP contribution in [-0.2, 0) is 0 Å². The van der Waals surface area contributed by atoms with E-state index in [1.54, 1.807) is 12.1 Å². The average molecular weight is 341 g/mol. The van der Waals surface area contributed by atoms with Crippen LogP contribution in [0, 0.1) is 5.82 Å². The lowest BCUT2D eigenvalue weighted by Crippen LogP contribution is -2.33. The van der Waals surface area contributed by atoms with E-state index in [1.807, 2.05) is 6.07 Å². The Morgan fingerprint density at radius 3 is 2.80 bits per heavy atom. The highest BCUT2D eigenvalue weighted by molar-refractivity contribution is 5.85. The summed E-state index contributed by atoms with van der Waals surface area (Å²) in [4.78, 5) is 17.3. The van der Waals surface area contributed by atoms with E-state index in [9.17, 15) is 9.18 Å². The quantitative estimate of drug-likeness (QED) is 0.786. The molecule has 1 saturated heterocycles. The van der Waals surface area contributed by atoms with E-state index in [4.69, 9.17) is 9.63 Å². The van der Waals surface area contributed by atoms with E-state index in [0.717, 1.165) is 37.0 Å². The van der Waals surface area contributed by atoms with Crippen molar-refractivity contribution in [3.8, 4) is 0 Å². The predicted octanol–water partition coefficient (Wildman–Crippen LogP) is 3.44. The molecular formula is C18H16FN3O3. The first-order valence-corrected chi connectivity index (χ1v) is 8.12. The van der Waals surface area contributed by atoms with Gasteiger partial charge in [0.2, 0.25) is 0 Å². The third-order valence-electron chi connectivity index (χ3n) is 4.62. The molecule has 0 atom stereocenters. The molecule has 0 radical (unpaired) electrons. The number of aromatic nitrogens is 2. The van der Waals surface area contributed by atoms with Gasteiger partial charge < -0.3 is 14.5 Å². The minimum atomic E-state index is -1.03. The molecule has 1 aliphatic heterocycles. The van der Waals surface area contributed by atoms with Gasteiger partial charge in [-0.25, -0.2) is 14.2 Å². The number of hydrogen-bond donors (Lipinski definition) is 1. The molecule has 3 heterocycles. The Morgan fingerprint density at radius 1 is 1.24 bits per heavy atom. The van der Waals surface area contributed by atoms with Gasteiger partial charge in [-0.1, -0.05) is 11.2 Å². The van der Waals surface area contributed by atoms with Gasteiger partial charge in [0.15, 0.2) is 11.3 Å². The van der Waals surface area contributed by atoms with Crippen LogP contribution in [-0.4, -0.2) is 34.3 Å². The first-order chi connectivity index (χ1) is 12.1. The largest absolute Gasteiger partial charge is 0.477 e. The zero-order valence-corrected chi connectivity index (χ0v) is 13.4. The Hall–Kier alpha value is -2.96. The number of fused-ring (bicyclic) bond motifs is 1. The van der Waals surface area contributed by atoms with Gasteiger partial charge in [-0.3, -0.25) is 0 Å². The van der Waals surface area contributed by atoms with Crippen molar-refractivity contribution in [2.75, 3.05) is 18.0 Å². The SMILES string of the molecule is O=C(O)c1cccc(N2CCC(c3noc4cc(F)ccc34)CC2)n1. The summed E-state index contributed by atoms with van der Waals surface area (Å²) in [5.74, 6) is -0.469. The second-order valence-electron chi connectivity index (χ2n) is 6.16. The topological polar surface area (TPSA) is 79.5 Å². The number of carboxylic acid groups (broad SMARTS) is 1. The van der Waals surface area contributed by atoms with Crippen LogP contribution in [0.15, 0.2) is 40.9 Å². The smallest absolute Gasteiger partial charge is 0.354 e. The second-order valence-corrected chi connectivity index (χ2v) is 6.16. The van der Waals surface area contributed by atoms with Gasteiger partial charge in [-0.05, 0) is 37.1 Å². The Balaban J connectivity index is 1.51. The highest BCUT2D eigenvalue weighted by Crippen LogP contribution is 2.33. The highest BCUT2D eigenvalue weighted by atomic mass is 19.1. The lowest BCUT2D eigenvalue weighted by Gasteiger charge is -2.32. The molecule has 1 aliphatic rings. The number of piperidine rings is 1. The summed E-state index contributed by atoms with van der Waals surface area (Å²) in [6, 6.07) is 9.49. The summed E-state index contributed by atoms with van der Waals surface area (Å²) >= 11 is 0. The number of anilines is 1. The third kappa shape index (κ3) is 2.93. The zero-order valence-electron chi connectivity index (χ0n) is 13.4. The molecule has 6 nitrogen and oxygen atoms in total. The third-order valence-corrected chi connectivity index (χ3v) is 4.62.